The van der Waals surface area contributed by atoms with E-state index in [1.807, 2.05) is 0 Å². The van der Waals surface area contributed by atoms with Crippen LogP contribution in [-0.2, 0) is 0 Å². The second-order valence-electron chi connectivity index (χ2n) is 4.06. The number of nitrogen functional groups attached to an aromatic ring is 1. The molecular weight excluding hydrogens is 293 g/mol. The molecule has 2 nitrogen and oxygen atoms in total. The van der Waals surface area contributed by atoms with Crippen LogP contribution < -0.4 is 11.1 Å². The highest BCUT2D eigenvalue weighted by molar-refractivity contribution is 6.35. The van der Waals surface area contributed by atoms with Crippen LogP contribution in [0.25, 0.3) is 0 Å². The average molecular weight is 303 g/mol. The highest BCUT2D eigenvalue weighted by Gasteiger charge is 2.11. The first-order valence-corrected chi connectivity index (χ1v) is 6.11. The molecule has 19 heavy (non-hydrogen) atoms. The fourth-order valence-corrected chi connectivity index (χ4v) is 2.00. The predicted octanol–water partition coefficient (Wildman–Crippen LogP) is 4.91. The maximum atomic E-state index is 13.3. The minimum Gasteiger partial charge on any atom is -0.395 e. The topological polar surface area (TPSA) is 38.0 Å². The Morgan fingerprint density at radius 2 is 1.68 bits per heavy atom. The van der Waals surface area contributed by atoms with Crippen molar-refractivity contribution < 1.29 is 8.78 Å². The van der Waals surface area contributed by atoms with E-state index in [-0.39, 0.29) is 11.4 Å². The van der Waals surface area contributed by atoms with Gasteiger partial charge in [-0.2, -0.15) is 0 Å². The van der Waals surface area contributed by atoms with Gasteiger partial charge < -0.3 is 11.1 Å². The van der Waals surface area contributed by atoms with Crippen molar-refractivity contribution in [3.05, 3.63) is 51.5 Å². The number of hydrogen-bond acceptors (Lipinski definition) is 2. The molecule has 6 heteroatoms. The number of aryl methyl sites for hydroxylation is 1. The lowest BCUT2D eigenvalue weighted by atomic mass is 10.2. The Hall–Kier alpha value is -1.52. The molecule has 0 saturated carbocycles. The molecule has 2 aromatic rings. The van der Waals surface area contributed by atoms with Gasteiger partial charge in [0.15, 0.2) is 5.82 Å². The SMILES string of the molecule is Cc1cc(Cl)c(Nc2cc(F)cc(F)c2N)cc1Cl. The van der Waals surface area contributed by atoms with Crippen molar-refractivity contribution >= 4 is 40.3 Å². The van der Waals surface area contributed by atoms with E-state index in [9.17, 15) is 8.78 Å². The maximum absolute atomic E-state index is 13.3. The van der Waals surface area contributed by atoms with Crippen LogP contribution in [0, 0.1) is 18.6 Å². The number of benzene rings is 2. The molecule has 0 amide bonds. The zero-order valence-electron chi connectivity index (χ0n) is 9.90. The maximum Gasteiger partial charge on any atom is 0.151 e. The van der Waals surface area contributed by atoms with Crippen LogP contribution in [0.2, 0.25) is 10.0 Å². The van der Waals surface area contributed by atoms with Gasteiger partial charge in [-0.15, -0.1) is 0 Å². The van der Waals surface area contributed by atoms with Gasteiger partial charge in [-0.3, -0.25) is 0 Å². The lowest BCUT2D eigenvalue weighted by Crippen LogP contribution is -2.01. The van der Waals surface area contributed by atoms with Gasteiger partial charge >= 0.3 is 0 Å². The van der Waals surface area contributed by atoms with Crippen molar-refractivity contribution in [3.63, 3.8) is 0 Å². The summed E-state index contributed by atoms with van der Waals surface area (Å²) >= 11 is 12.0. The fraction of sp³-hybridized carbons (Fsp3) is 0.0769. The van der Waals surface area contributed by atoms with Crippen LogP contribution in [-0.4, -0.2) is 0 Å². The van der Waals surface area contributed by atoms with Gasteiger partial charge in [-0.1, -0.05) is 23.2 Å². The van der Waals surface area contributed by atoms with E-state index in [1.165, 1.54) is 0 Å². The molecule has 0 atom stereocenters. The Kier molecular flexibility index (Phi) is 3.83. The van der Waals surface area contributed by atoms with Gasteiger partial charge in [0.1, 0.15) is 5.82 Å². The van der Waals surface area contributed by atoms with Crippen molar-refractivity contribution in [2.75, 3.05) is 11.1 Å². The number of nitrogens with one attached hydrogen (secondary N) is 1. The van der Waals surface area contributed by atoms with E-state index < -0.39 is 11.6 Å². The summed E-state index contributed by atoms with van der Waals surface area (Å²) in [6, 6.07) is 5.02. The van der Waals surface area contributed by atoms with Crippen molar-refractivity contribution in [2.45, 2.75) is 6.92 Å². The number of hydrogen-bond donors (Lipinski definition) is 2. The Bertz CT molecular complexity index is 645. The molecule has 0 aliphatic rings. The molecule has 2 aromatic carbocycles. The van der Waals surface area contributed by atoms with E-state index in [4.69, 9.17) is 28.9 Å². The quantitative estimate of drug-likeness (QED) is 0.774. The third-order valence-corrected chi connectivity index (χ3v) is 3.33. The summed E-state index contributed by atoms with van der Waals surface area (Å²) in [5, 5.41) is 3.64. The number of rotatable bonds is 2. The molecule has 0 aliphatic heterocycles. The van der Waals surface area contributed by atoms with E-state index in [0.29, 0.717) is 21.8 Å². The van der Waals surface area contributed by atoms with E-state index in [2.05, 4.69) is 5.32 Å². The van der Waals surface area contributed by atoms with Gasteiger partial charge in [-0.25, -0.2) is 8.78 Å². The molecule has 0 spiro atoms. The first kappa shape index (κ1) is 13.9. The van der Waals surface area contributed by atoms with Crippen LogP contribution in [0.3, 0.4) is 0 Å². The first-order valence-electron chi connectivity index (χ1n) is 5.35. The summed E-state index contributed by atoms with van der Waals surface area (Å²) < 4.78 is 26.5. The summed E-state index contributed by atoms with van der Waals surface area (Å²) in [5.41, 5.74) is 6.67. The van der Waals surface area contributed by atoms with Gasteiger partial charge in [0.25, 0.3) is 0 Å². The second kappa shape index (κ2) is 5.23. The summed E-state index contributed by atoms with van der Waals surface area (Å²) in [6.45, 7) is 1.80. The highest BCUT2D eigenvalue weighted by atomic mass is 35.5. The van der Waals surface area contributed by atoms with Crippen LogP contribution in [0.1, 0.15) is 5.56 Å². The van der Waals surface area contributed by atoms with Gasteiger partial charge in [0.2, 0.25) is 0 Å². The summed E-state index contributed by atoms with van der Waals surface area (Å²) in [7, 11) is 0. The third kappa shape index (κ3) is 2.91. The van der Waals surface area contributed by atoms with Crippen LogP contribution in [0.15, 0.2) is 24.3 Å². The summed E-state index contributed by atoms with van der Waals surface area (Å²) in [6.07, 6.45) is 0. The number of halogens is 4. The lowest BCUT2D eigenvalue weighted by molar-refractivity contribution is 0.587. The zero-order valence-corrected chi connectivity index (χ0v) is 11.4. The monoisotopic (exact) mass is 302 g/mol. The molecular formula is C13H10Cl2F2N2. The minimum atomic E-state index is -0.836. The molecule has 100 valence electrons. The van der Waals surface area contributed by atoms with Crippen LogP contribution in [0.4, 0.5) is 25.8 Å². The van der Waals surface area contributed by atoms with Crippen molar-refractivity contribution in [3.8, 4) is 0 Å². The smallest absolute Gasteiger partial charge is 0.151 e. The Morgan fingerprint density at radius 3 is 2.37 bits per heavy atom. The molecule has 0 radical (unpaired) electrons. The molecule has 2 rings (SSSR count). The predicted molar refractivity (Wildman–Crippen MR) is 75.3 cm³/mol. The normalized spacial score (nSPS) is 10.6. The molecule has 0 aliphatic carbocycles. The Balaban J connectivity index is 2.44. The molecule has 0 aromatic heterocycles. The largest absolute Gasteiger partial charge is 0.395 e. The molecule has 0 heterocycles. The van der Waals surface area contributed by atoms with Gasteiger partial charge in [0.05, 0.1) is 22.1 Å². The van der Waals surface area contributed by atoms with Crippen molar-refractivity contribution in [2.24, 2.45) is 0 Å². The second-order valence-corrected chi connectivity index (χ2v) is 4.87. The number of nitrogens with two attached hydrogens (primary N) is 1. The standard InChI is InChI=1S/C13H10Cl2F2N2/c1-6-2-9(15)11(5-8(6)14)19-12-4-7(16)3-10(17)13(12)18/h2-5,19H,18H2,1H3. The molecule has 3 N–H and O–H groups in total. The molecule has 0 saturated heterocycles. The molecule has 0 unspecified atom stereocenters. The van der Waals surface area contributed by atoms with Crippen LogP contribution >= 0.6 is 23.2 Å². The van der Waals surface area contributed by atoms with Crippen molar-refractivity contribution in [1.29, 1.82) is 0 Å². The summed E-state index contributed by atoms with van der Waals surface area (Å²) in [4.78, 5) is 0. The van der Waals surface area contributed by atoms with E-state index >= 15 is 0 Å². The summed E-state index contributed by atoms with van der Waals surface area (Å²) in [5.74, 6) is -1.57. The molecule has 0 fully saturated rings. The van der Waals surface area contributed by atoms with Crippen LogP contribution in [0.5, 0.6) is 0 Å². The highest BCUT2D eigenvalue weighted by Crippen LogP contribution is 2.33. The van der Waals surface area contributed by atoms with E-state index in [1.54, 1.807) is 19.1 Å². The van der Waals surface area contributed by atoms with Crippen molar-refractivity contribution in [1.82, 2.24) is 0 Å². The molecule has 0 bridgehead atoms. The Labute approximate surface area is 119 Å². The minimum absolute atomic E-state index is 0.0966. The average Bonchev–Trinajstić information content (AvgIpc) is 2.32. The van der Waals surface area contributed by atoms with Gasteiger partial charge in [-0.05, 0) is 30.7 Å². The third-order valence-electron chi connectivity index (χ3n) is 2.61. The lowest BCUT2D eigenvalue weighted by Gasteiger charge is -2.13. The van der Waals surface area contributed by atoms with Gasteiger partial charge in [0, 0.05) is 11.1 Å². The first-order chi connectivity index (χ1) is 8.88. The fourth-order valence-electron chi connectivity index (χ4n) is 1.58. The zero-order chi connectivity index (χ0) is 14.2. The number of anilines is 3. The Morgan fingerprint density at radius 1 is 1.00 bits per heavy atom. The van der Waals surface area contributed by atoms with E-state index in [0.717, 1.165) is 11.6 Å².